The Labute approximate surface area is 185 Å². The second-order valence-electron chi connectivity index (χ2n) is 6.00. The summed E-state index contributed by atoms with van der Waals surface area (Å²) >= 11 is 13.9. The average Bonchev–Trinajstić information content (AvgIpc) is 3.40. The van der Waals surface area contributed by atoms with E-state index in [4.69, 9.17) is 28.3 Å². The molecule has 4 rings (SSSR count). The van der Waals surface area contributed by atoms with Crippen LogP contribution in [0.4, 0.5) is 5.95 Å². The molecule has 0 aliphatic rings. The summed E-state index contributed by atoms with van der Waals surface area (Å²) in [6, 6.07) is 9.11. The number of rotatable bonds is 6. The van der Waals surface area contributed by atoms with Crippen molar-refractivity contribution in [2.75, 3.05) is 18.5 Å². The molecular formula is C19H13Cl2N7OS. The van der Waals surface area contributed by atoms with Crippen molar-refractivity contribution < 1.29 is 5.11 Å². The summed E-state index contributed by atoms with van der Waals surface area (Å²) in [5.74, 6) is 0.864. The third-order valence-electron chi connectivity index (χ3n) is 4.13. The second-order valence-corrected chi connectivity index (χ2v) is 7.86. The lowest BCUT2D eigenvalue weighted by molar-refractivity contribution is 0.311. The van der Waals surface area contributed by atoms with Gasteiger partial charge in [-0.05, 0) is 18.2 Å². The maximum Gasteiger partial charge on any atom is 0.223 e. The largest absolute Gasteiger partial charge is 0.395 e. The van der Waals surface area contributed by atoms with Gasteiger partial charge >= 0.3 is 0 Å². The molecule has 0 aliphatic carbocycles. The van der Waals surface area contributed by atoms with Crippen LogP contribution in [0.15, 0.2) is 36.8 Å². The zero-order chi connectivity index (χ0) is 21.1. The number of thiophene rings is 1. The normalized spacial score (nSPS) is 10.7. The summed E-state index contributed by atoms with van der Waals surface area (Å²) in [4.78, 5) is 14.2. The van der Waals surface area contributed by atoms with Crippen molar-refractivity contribution in [3.63, 3.8) is 0 Å². The SMILES string of the molecule is N#Cc1c(-c2ccnc(NCCO)n2)sc(-c2ncn[nH]2)c1-c1ccc(Cl)cc1Cl. The minimum Gasteiger partial charge on any atom is -0.395 e. The summed E-state index contributed by atoms with van der Waals surface area (Å²) < 4.78 is 0. The third kappa shape index (κ3) is 3.86. The molecule has 3 aromatic heterocycles. The van der Waals surface area contributed by atoms with Crippen LogP contribution < -0.4 is 5.32 Å². The number of anilines is 1. The molecule has 11 heteroatoms. The number of nitrogens with zero attached hydrogens (tertiary/aromatic N) is 5. The quantitative estimate of drug-likeness (QED) is 0.395. The molecule has 0 saturated carbocycles. The Balaban J connectivity index is 1.95. The molecule has 1 aromatic carbocycles. The van der Waals surface area contributed by atoms with Crippen LogP contribution >= 0.6 is 34.5 Å². The number of aromatic nitrogens is 5. The highest BCUT2D eigenvalue weighted by atomic mass is 35.5. The van der Waals surface area contributed by atoms with Crippen LogP contribution in [0.3, 0.4) is 0 Å². The first-order valence-corrected chi connectivity index (χ1v) is 10.3. The van der Waals surface area contributed by atoms with E-state index < -0.39 is 0 Å². The van der Waals surface area contributed by atoms with E-state index in [1.807, 2.05) is 0 Å². The minimum atomic E-state index is -0.0507. The molecule has 0 atom stereocenters. The standard InChI is InChI=1S/C19H13Cl2N7OS/c20-10-1-2-11(13(21)7-10)15-12(8-22)16(30-17(15)18-25-9-26-28-18)14-3-4-23-19(27-14)24-5-6-29/h1-4,7,9,29H,5-6H2,(H,23,24,27)(H,25,26,28). The maximum atomic E-state index is 10.0. The van der Waals surface area contributed by atoms with E-state index in [2.05, 4.69) is 36.5 Å². The third-order valence-corrected chi connectivity index (χ3v) is 5.90. The molecule has 0 saturated heterocycles. The van der Waals surface area contributed by atoms with Gasteiger partial charge < -0.3 is 10.4 Å². The van der Waals surface area contributed by atoms with Crippen LogP contribution in [0.5, 0.6) is 0 Å². The molecule has 0 radical (unpaired) electrons. The van der Waals surface area contributed by atoms with E-state index in [1.165, 1.54) is 17.7 Å². The Kier molecular flexibility index (Phi) is 5.92. The van der Waals surface area contributed by atoms with Gasteiger partial charge in [0.1, 0.15) is 12.4 Å². The molecule has 0 fully saturated rings. The number of hydrogen-bond acceptors (Lipinski definition) is 8. The van der Waals surface area contributed by atoms with Gasteiger partial charge in [-0.25, -0.2) is 15.0 Å². The molecule has 0 spiro atoms. The molecule has 0 unspecified atom stereocenters. The predicted octanol–water partition coefficient (Wildman–Crippen LogP) is 4.24. The first kappa shape index (κ1) is 20.3. The highest BCUT2D eigenvalue weighted by molar-refractivity contribution is 7.19. The van der Waals surface area contributed by atoms with Crippen LogP contribution in [0.1, 0.15) is 5.56 Å². The Hall–Kier alpha value is -3.03. The van der Waals surface area contributed by atoms with Crippen LogP contribution in [0.25, 0.3) is 32.4 Å². The van der Waals surface area contributed by atoms with Crippen LogP contribution in [0, 0.1) is 11.3 Å². The van der Waals surface area contributed by atoms with E-state index in [1.54, 1.807) is 30.5 Å². The zero-order valence-corrected chi connectivity index (χ0v) is 17.6. The molecule has 30 heavy (non-hydrogen) atoms. The lowest BCUT2D eigenvalue weighted by Gasteiger charge is -2.07. The molecule has 150 valence electrons. The number of aromatic amines is 1. The molecule has 8 nitrogen and oxygen atoms in total. The Morgan fingerprint density at radius 3 is 2.77 bits per heavy atom. The molecule has 3 N–H and O–H groups in total. The van der Waals surface area contributed by atoms with Crippen molar-refractivity contribution in [3.8, 4) is 38.5 Å². The van der Waals surface area contributed by atoms with E-state index in [9.17, 15) is 5.26 Å². The monoisotopic (exact) mass is 457 g/mol. The van der Waals surface area contributed by atoms with E-state index in [0.29, 0.717) is 60.5 Å². The van der Waals surface area contributed by atoms with Crippen LogP contribution in [0.2, 0.25) is 10.0 Å². The lowest BCUT2D eigenvalue weighted by Crippen LogP contribution is -2.08. The van der Waals surface area contributed by atoms with Gasteiger partial charge in [0.25, 0.3) is 0 Å². The molecule has 0 amide bonds. The Morgan fingerprint density at radius 2 is 2.07 bits per heavy atom. The van der Waals surface area contributed by atoms with E-state index in [0.717, 1.165) is 0 Å². The van der Waals surface area contributed by atoms with Gasteiger partial charge in [0.2, 0.25) is 5.95 Å². The molecule has 0 aliphatic heterocycles. The summed E-state index contributed by atoms with van der Waals surface area (Å²) in [5, 5.41) is 29.7. The average molecular weight is 458 g/mol. The van der Waals surface area contributed by atoms with Crippen molar-refractivity contribution in [1.29, 1.82) is 5.26 Å². The molecule has 3 heterocycles. The van der Waals surface area contributed by atoms with Gasteiger partial charge in [0, 0.05) is 33.9 Å². The van der Waals surface area contributed by atoms with Crippen molar-refractivity contribution in [2.24, 2.45) is 0 Å². The maximum absolute atomic E-state index is 10.0. The first-order chi connectivity index (χ1) is 14.6. The van der Waals surface area contributed by atoms with Crippen molar-refractivity contribution >= 4 is 40.5 Å². The Morgan fingerprint density at radius 1 is 1.20 bits per heavy atom. The van der Waals surface area contributed by atoms with Gasteiger partial charge in [-0.1, -0.05) is 29.3 Å². The summed E-state index contributed by atoms with van der Waals surface area (Å²) in [7, 11) is 0. The lowest BCUT2D eigenvalue weighted by atomic mass is 9.99. The topological polar surface area (TPSA) is 123 Å². The van der Waals surface area contributed by atoms with Crippen LogP contribution in [-0.2, 0) is 0 Å². The number of halogens is 2. The number of aliphatic hydroxyl groups excluding tert-OH is 1. The van der Waals surface area contributed by atoms with Crippen molar-refractivity contribution in [3.05, 3.63) is 52.4 Å². The summed E-state index contributed by atoms with van der Waals surface area (Å²) in [6.07, 6.45) is 2.99. The summed E-state index contributed by atoms with van der Waals surface area (Å²) in [5.41, 5.74) is 2.24. The van der Waals surface area contributed by atoms with Gasteiger partial charge in [0.05, 0.1) is 27.6 Å². The smallest absolute Gasteiger partial charge is 0.223 e. The highest BCUT2D eigenvalue weighted by Gasteiger charge is 2.25. The minimum absolute atomic E-state index is 0.0507. The number of nitriles is 1. The zero-order valence-electron chi connectivity index (χ0n) is 15.2. The molecule has 0 bridgehead atoms. The first-order valence-electron chi connectivity index (χ1n) is 8.68. The Bertz CT molecular complexity index is 1230. The highest BCUT2D eigenvalue weighted by Crippen LogP contribution is 2.47. The van der Waals surface area contributed by atoms with Gasteiger partial charge in [-0.2, -0.15) is 10.4 Å². The van der Waals surface area contributed by atoms with Gasteiger partial charge in [0.15, 0.2) is 5.82 Å². The number of hydrogen-bond donors (Lipinski definition) is 3. The van der Waals surface area contributed by atoms with Crippen molar-refractivity contribution in [2.45, 2.75) is 0 Å². The van der Waals surface area contributed by atoms with Crippen LogP contribution in [-0.4, -0.2) is 43.4 Å². The number of nitrogens with one attached hydrogen (secondary N) is 2. The van der Waals surface area contributed by atoms with Gasteiger partial charge in [-0.15, -0.1) is 11.3 Å². The van der Waals surface area contributed by atoms with Gasteiger partial charge in [-0.3, -0.25) is 5.10 Å². The summed E-state index contributed by atoms with van der Waals surface area (Å²) in [6.45, 7) is 0.263. The van der Waals surface area contributed by atoms with Crippen molar-refractivity contribution in [1.82, 2.24) is 25.1 Å². The number of benzene rings is 1. The number of aliphatic hydroxyl groups is 1. The molecular weight excluding hydrogens is 445 g/mol. The fraction of sp³-hybridized carbons (Fsp3) is 0.105. The van der Waals surface area contributed by atoms with E-state index in [-0.39, 0.29) is 6.61 Å². The van der Waals surface area contributed by atoms with E-state index >= 15 is 0 Å². The predicted molar refractivity (Wildman–Crippen MR) is 116 cm³/mol. The fourth-order valence-electron chi connectivity index (χ4n) is 2.89. The second kappa shape index (κ2) is 8.77. The number of H-pyrrole nitrogens is 1. The molecule has 4 aromatic rings. The fourth-order valence-corrected chi connectivity index (χ4v) is 4.57.